The Balaban J connectivity index is 1.29. The van der Waals surface area contributed by atoms with E-state index in [9.17, 15) is 0 Å². The monoisotopic (exact) mass is 604 g/mol. The summed E-state index contributed by atoms with van der Waals surface area (Å²) in [5.41, 5.74) is 14.0. The highest BCUT2D eigenvalue weighted by Gasteiger charge is 2.20. The summed E-state index contributed by atoms with van der Waals surface area (Å²) in [7, 11) is 0. The molecule has 7 rings (SSSR count). The third-order valence-corrected chi connectivity index (χ3v) is 9.05. The summed E-state index contributed by atoms with van der Waals surface area (Å²) in [6.45, 7) is 17.4. The summed E-state index contributed by atoms with van der Waals surface area (Å²) < 4.78 is 10.9. The van der Waals surface area contributed by atoms with Gasteiger partial charge in [0.25, 0.3) is 0 Å². The number of ether oxygens (including phenoxy) is 1. The molecule has 0 saturated carbocycles. The molecule has 230 valence electrons. The quantitative estimate of drug-likeness (QED) is 0.190. The number of hydrogen-bond acceptors (Lipinski definition) is 3. The van der Waals surface area contributed by atoms with Crippen LogP contribution in [-0.2, 0) is 0 Å². The van der Waals surface area contributed by atoms with Crippen molar-refractivity contribution in [2.24, 2.45) is 0 Å². The molecule has 0 aliphatic heterocycles. The third kappa shape index (κ3) is 5.06. The second kappa shape index (κ2) is 11.3. The van der Waals surface area contributed by atoms with Crippen LogP contribution in [-0.4, -0.2) is 19.3 Å². The minimum absolute atomic E-state index is 0.491. The summed E-state index contributed by atoms with van der Waals surface area (Å²) >= 11 is 0. The topological polar surface area (TPSA) is 44.9 Å². The van der Waals surface area contributed by atoms with Crippen molar-refractivity contribution in [3.8, 4) is 34.1 Å². The molecule has 0 fully saturated rings. The molecule has 0 amide bonds. The first-order valence-corrected chi connectivity index (χ1v) is 16.0. The van der Waals surface area contributed by atoms with Crippen molar-refractivity contribution in [3.05, 3.63) is 130 Å². The van der Waals surface area contributed by atoms with E-state index >= 15 is 0 Å². The Labute approximate surface area is 271 Å². The second-order valence-electron chi connectivity index (χ2n) is 13.0. The number of benzene rings is 4. The number of pyridine rings is 1. The maximum atomic E-state index is 6.60. The van der Waals surface area contributed by atoms with Gasteiger partial charge in [0.2, 0.25) is 0 Å². The Morgan fingerprint density at radius 1 is 0.652 bits per heavy atom. The molecule has 46 heavy (non-hydrogen) atoms. The highest BCUT2D eigenvalue weighted by Crippen LogP contribution is 2.38. The average molecular weight is 605 g/mol. The molecule has 0 aliphatic rings. The molecular formula is C41H40N4O. The number of para-hydroxylation sites is 1. The van der Waals surface area contributed by atoms with Gasteiger partial charge in [-0.25, -0.2) is 9.67 Å². The summed E-state index contributed by atoms with van der Waals surface area (Å²) in [5, 5.41) is 7.41. The molecule has 3 aromatic heterocycles. The first kappa shape index (κ1) is 29.5. The van der Waals surface area contributed by atoms with Crippen molar-refractivity contribution >= 4 is 21.8 Å². The van der Waals surface area contributed by atoms with Crippen molar-refractivity contribution < 1.29 is 4.74 Å². The lowest BCUT2D eigenvalue weighted by Gasteiger charge is -2.16. The molecule has 0 saturated heterocycles. The molecule has 5 nitrogen and oxygen atoms in total. The lowest BCUT2D eigenvalue weighted by atomic mass is 9.89. The number of aryl methyl sites for hydroxylation is 5. The molecule has 5 heteroatoms. The maximum absolute atomic E-state index is 6.60. The normalized spacial score (nSPS) is 11.7. The van der Waals surface area contributed by atoms with E-state index in [0.717, 1.165) is 51.0 Å². The van der Waals surface area contributed by atoms with Crippen LogP contribution < -0.4 is 4.74 Å². The van der Waals surface area contributed by atoms with Crippen molar-refractivity contribution in [2.45, 2.75) is 61.3 Å². The van der Waals surface area contributed by atoms with Gasteiger partial charge in [-0.2, -0.15) is 5.10 Å². The van der Waals surface area contributed by atoms with Gasteiger partial charge in [-0.15, -0.1) is 0 Å². The molecule has 3 heterocycles. The average Bonchev–Trinajstić information content (AvgIpc) is 3.49. The Bertz CT molecular complexity index is 2260. The van der Waals surface area contributed by atoms with Gasteiger partial charge in [-0.3, -0.25) is 4.57 Å². The molecule has 4 aromatic carbocycles. The van der Waals surface area contributed by atoms with Crippen LogP contribution in [0.3, 0.4) is 0 Å². The van der Waals surface area contributed by atoms with E-state index in [0.29, 0.717) is 5.92 Å². The Morgan fingerprint density at radius 2 is 1.39 bits per heavy atom. The standard InChI is InChI=1S/C41H40N4O/c1-24(2)31-20-27(5)40(28(6)21-31)41-29(7)43-45(30(41)8)32-17-26(4)18-34(22-32)46-33-13-14-36-35-11-9-10-12-37(35)44(38(36)23-33)39-19-25(3)15-16-42-39/h9-24H,1-8H3. The van der Waals surface area contributed by atoms with Crippen LogP contribution in [0, 0.1) is 41.5 Å². The van der Waals surface area contributed by atoms with Gasteiger partial charge in [0, 0.05) is 40.4 Å². The van der Waals surface area contributed by atoms with Gasteiger partial charge in [0.05, 0.1) is 22.4 Å². The lowest BCUT2D eigenvalue weighted by Crippen LogP contribution is -2.01. The summed E-state index contributed by atoms with van der Waals surface area (Å²) in [5.74, 6) is 2.93. The zero-order valence-electron chi connectivity index (χ0n) is 27.9. The van der Waals surface area contributed by atoms with E-state index in [1.165, 1.54) is 44.2 Å². The van der Waals surface area contributed by atoms with Crippen molar-refractivity contribution in [1.29, 1.82) is 0 Å². The molecule has 0 aliphatic carbocycles. The fraction of sp³-hybridized carbons (Fsp3) is 0.220. The second-order valence-corrected chi connectivity index (χ2v) is 13.0. The number of rotatable bonds is 6. The number of nitrogens with zero attached hydrogens (tertiary/aromatic N) is 4. The largest absolute Gasteiger partial charge is 0.457 e. The predicted molar refractivity (Wildman–Crippen MR) is 190 cm³/mol. The first-order valence-electron chi connectivity index (χ1n) is 16.0. The summed E-state index contributed by atoms with van der Waals surface area (Å²) in [6.07, 6.45) is 1.87. The van der Waals surface area contributed by atoms with Gasteiger partial charge in [-0.1, -0.05) is 44.2 Å². The van der Waals surface area contributed by atoms with Crippen LogP contribution in [0.4, 0.5) is 0 Å². The predicted octanol–water partition coefficient (Wildman–Crippen LogP) is 10.8. The van der Waals surface area contributed by atoms with Crippen molar-refractivity contribution in [1.82, 2.24) is 19.3 Å². The minimum atomic E-state index is 0.491. The van der Waals surface area contributed by atoms with E-state index in [1.807, 2.05) is 12.3 Å². The van der Waals surface area contributed by atoms with E-state index in [2.05, 4.69) is 144 Å². The van der Waals surface area contributed by atoms with E-state index < -0.39 is 0 Å². The van der Waals surface area contributed by atoms with Gasteiger partial charge in [-0.05, 0) is 123 Å². The van der Waals surface area contributed by atoms with Crippen LogP contribution in [0.25, 0.3) is 44.4 Å². The number of fused-ring (bicyclic) bond motifs is 3. The summed E-state index contributed by atoms with van der Waals surface area (Å²) in [4.78, 5) is 4.73. The molecule has 0 atom stereocenters. The number of aromatic nitrogens is 4. The van der Waals surface area contributed by atoms with E-state index in [4.69, 9.17) is 14.8 Å². The molecule has 0 N–H and O–H groups in total. The molecule has 0 unspecified atom stereocenters. The molecule has 0 radical (unpaired) electrons. The SMILES string of the molecule is Cc1cc(Oc2ccc3c4ccccc4n(-c4cc(C)ccn4)c3c2)cc(-n2nc(C)c(-c3c(C)cc(C(C)C)cc3C)c2C)c1. The van der Waals surface area contributed by atoms with Crippen LogP contribution in [0.5, 0.6) is 11.5 Å². The zero-order valence-corrected chi connectivity index (χ0v) is 27.9. The van der Waals surface area contributed by atoms with Gasteiger partial charge in [0.1, 0.15) is 17.3 Å². The molecule has 7 aromatic rings. The van der Waals surface area contributed by atoms with Gasteiger partial charge in [0.15, 0.2) is 0 Å². The number of hydrogen-bond donors (Lipinski definition) is 0. The van der Waals surface area contributed by atoms with Gasteiger partial charge >= 0.3 is 0 Å². The molecular weight excluding hydrogens is 564 g/mol. The van der Waals surface area contributed by atoms with Gasteiger partial charge < -0.3 is 4.74 Å². The highest BCUT2D eigenvalue weighted by molar-refractivity contribution is 6.09. The first-order chi connectivity index (χ1) is 22.1. The van der Waals surface area contributed by atoms with E-state index in [-0.39, 0.29) is 0 Å². The maximum Gasteiger partial charge on any atom is 0.137 e. The lowest BCUT2D eigenvalue weighted by molar-refractivity contribution is 0.482. The van der Waals surface area contributed by atoms with Crippen molar-refractivity contribution in [3.63, 3.8) is 0 Å². The Morgan fingerprint density at radius 3 is 2.13 bits per heavy atom. The molecule has 0 spiro atoms. The zero-order chi connectivity index (χ0) is 32.3. The summed E-state index contributed by atoms with van der Waals surface area (Å²) in [6, 6.07) is 29.9. The Kier molecular flexibility index (Phi) is 7.28. The third-order valence-electron chi connectivity index (χ3n) is 9.05. The minimum Gasteiger partial charge on any atom is -0.457 e. The van der Waals surface area contributed by atoms with Crippen LogP contribution in [0.2, 0.25) is 0 Å². The smallest absolute Gasteiger partial charge is 0.137 e. The van der Waals surface area contributed by atoms with Crippen molar-refractivity contribution in [2.75, 3.05) is 0 Å². The fourth-order valence-corrected chi connectivity index (χ4v) is 6.93. The Hall–Kier alpha value is -5.16. The van der Waals surface area contributed by atoms with Crippen LogP contribution >= 0.6 is 0 Å². The van der Waals surface area contributed by atoms with Crippen LogP contribution in [0.1, 0.15) is 59.0 Å². The fourth-order valence-electron chi connectivity index (χ4n) is 6.93. The highest BCUT2D eigenvalue weighted by atomic mass is 16.5. The van der Waals surface area contributed by atoms with E-state index in [1.54, 1.807) is 0 Å². The van der Waals surface area contributed by atoms with Crippen LogP contribution in [0.15, 0.2) is 91.1 Å². The molecule has 0 bridgehead atoms.